The number of rotatable bonds is 5. The van der Waals surface area contributed by atoms with Crippen molar-refractivity contribution in [3.05, 3.63) is 58.8 Å². The van der Waals surface area contributed by atoms with Crippen LogP contribution < -0.4 is 5.32 Å². The number of benzene rings is 1. The number of anilines is 1. The summed E-state index contributed by atoms with van der Waals surface area (Å²) < 4.78 is 0. The Morgan fingerprint density at radius 1 is 1.45 bits per heavy atom. The lowest BCUT2D eigenvalue weighted by Crippen LogP contribution is -2.14. The van der Waals surface area contributed by atoms with Crippen molar-refractivity contribution in [1.29, 1.82) is 0 Å². The molecule has 0 saturated carbocycles. The van der Waals surface area contributed by atoms with Gasteiger partial charge in [0.05, 0.1) is 16.3 Å². The SMILES string of the molecule is C=CC(C(=O)O)c1[nH]nc(NC(=O)c2ccccc2Cl)c1C. The molecule has 3 N–H and O–H groups in total. The molecule has 0 bridgehead atoms. The predicted octanol–water partition coefficient (Wildman–Crippen LogP) is 2.98. The molecule has 2 aromatic rings. The molecular formula is C15H14ClN3O3. The highest BCUT2D eigenvalue weighted by atomic mass is 35.5. The van der Waals surface area contributed by atoms with Crippen LogP contribution in [0.4, 0.5) is 5.82 Å². The third kappa shape index (κ3) is 3.01. The number of aromatic amines is 1. The van der Waals surface area contributed by atoms with Crippen LogP contribution in [0.1, 0.15) is 27.5 Å². The highest BCUT2D eigenvalue weighted by molar-refractivity contribution is 6.34. The minimum absolute atomic E-state index is 0.257. The first-order chi connectivity index (χ1) is 10.5. The molecule has 22 heavy (non-hydrogen) atoms. The van der Waals surface area contributed by atoms with Gasteiger partial charge in [-0.3, -0.25) is 14.7 Å². The summed E-state index contributed by atoms with van der Waals surface area (Å²) in [4.78, 5) is 23.3. The van der Waals surface area contributed by atoms with Crippen molar-refractivity contribution in [2.45, 2.75) is 12.8 Å². The number of aliphatic carboxylic acids is 1. The van der Waals surface area contributed by atoms with Crippen molar-refractivity contribution < 1.29 is 14.7 Å². The number of carboxylic acid groups (broad SMARTS) is 1. The zero-order valence-electron chi connectivity index (χ0n) is 11.8. The van der Waals surface area contributed by atoms with Crippen LogP contribution in [-0.4, -0.2) is 27.2 Å². The molecule has 6 nitrogen and oxygen atoms in total. The number of carbonyl (C=O) groups excluding carboxylic acids is 1. The van der Waals surface area contributed by atoms with E-state index >= 15 is 0 Å². The number of H-pyrrole nitrogens is 1. The second-order valence-electron chi connectivity index (χ2n) is 4.60. The van der Waals surface area contributed by atoms with E-state index in [9.17, 15) is 9.59 Å². The van der Waals surface area contributed by atoms with E-state index in [0.29, 0.717) is 21.8 Å². The first-order valence-corrected chi connectivity index (χ1v) is 6.79. The number of carboxylic acids is 1. The summed E-state index contributed by atoms with van der Waals surface area (Å²) >= 11 is 5.96. The van der Waals surface area contributed by atoms with Gasteiger partial charge in [0.2, 0.25) is 0 Å². The molecule has 2 rings (SSSR count). The molecule has 0 spiro atoms. The van der Waals surface area contributed by atoms with Gasteiger partial charge in [-0.05, 0) is 19.1 Å². The van der Waals surface area contributed by atoms with Crippen LogP contribution in [0, 0.1) is 6.92 Å². The van der Waals surface area contributed by atoms with E-state index < -0.39 is 17.8 Å². The average Bonchev–Trinajstić information content (AvgIpc) is 2.82. The molecule has 1 atom stereocenters. The van der Waals surface area contributed by atoms with Gasteiger partial charge in [-0.25, -0.2) is 0 Å². The van der Waals surface area contributed by atoms with Crippen molar-refractivity contribution in [3.63, 3.8) is 0 Å². The fourth-order valence-corrected chi connectivity index (χ4v) is 2.22. The maximum Gasteiger partial charge on any atom is 0.316 e. The van der Waals surface area contributed by atoms with Gasteiger partial charge in [-0.15, -0.1) is 6.58 Å². The predicted molar refractivity (Wildman–Crippen MR) is 83.3 cm³/mol. The molecule has 0 aliphatic carbocycles. The van der Waals surface area contributed by atoms with Crippen molar-refractivity contribution in [2.24, 2.45) is 0 Å². The summed E-state index contributed by atoms with van der Waals surface area (Å²) in [6, 6.07) is 6.61. The molecule has 1 amide bonds. The molecule has 1 aromatic heterocycles. The van der Waals surface area contributed by atoms with Crippen molar-refractivity contribution in [1.82, 2.24) is 10.2 Å². The highest BCUT2D eigenvalue weighted by Gasteiger charge is 2.23. The Kier molecular flexibility index (Phi) is 4.62. The molecule has 0 aliphatic heterocycles. The Bertz CT molecular complexity index is 739. The van der Waals surface area contributed by atoms with E-state index in [1.165, 1.54) is 6.08 Å². The van der Waals surface area contributed by atoms with Gasteiger partial charge in [0.25, 0.3) is 5.91 Å². The van der Waals surface area contributed by atoms with E-state index in [1.807, 2.05) is 0 Å². The second-order valence-corrected chi connectivity index (χ2v) is 5.00. The normalized spacial score (nSPS) is 11.7. The molecule has 0 radical (unpaired) electrons. The third-order valence-corrected chi connectivity index (χ3v) is 3.54. The minimum Gasteiger partial charge on any atom is -0.481 e. The summed E-state index contributed by atoms with van der Waals surface area (Å²) in [5.74, 6) is -2.13. The van der Waals surface area contributed by atoms with Crippen LogP contribution in [0.15, 0.2) is 36.9 Å². The topological polar surface area (TPSA) is 95.1 Å². The maximum absolute atomic E-state index is 12.2. The first kappa shape index (κ1) is 15.8. The van der Waals surface area contributed by atoms with Gasteiger partial charge < -0.3 is 10.4 Å². The largest absolute Gasteiger partial charge is 0.481 e. The van der Waals surface area contributed by atoms with Crippen molar-refractivity contribution in [3.8, 4) is 0 Å². The van der Waals surface area contributed by atoms with Gasteiger partial charge in [0.1, 0.15) is 5.92 Å². The molecule has 7 heteroatoms. The van der Waals surface area contributed by atoms with Gasteiger partial charge in [0.15, 0.2) is 5.82 Å². The fraction of sp³-hybridized carbons (Fsp3) is 0.133. The third-order valence-electron chi connectivity index (χ3n) is 3.21. The van der Waals surface area contributed by atoms with Crippen molar-refractivity contribution >= 4 is 29.3 Å². The van der Waals surface area contributed by atoms with E-state index in [0.717, 1.165) is 0 Å². The Morgan fingerprint density at radius 2 is 2.14 bits per heavy atom. The van der Waals surface area contributed by atoms with Crippen LogP contribution in [0.3, 0.4) is 0 Å². The average molecular weight is 320 g/mol. The lowest BCUT2D eigenvalue weighted by molar-refractivity contribution is -0.137. The molecule has 0 aliphatic rings. The van der Waals surface area contributed by atoms with Crippen LogP contribution in [0.2, 0.25) is 5.02 Å². The monoisotopic (exact) mass is 319 g/mol. The lowest BCUT2D eigenvalue weighted by Gasteiger charge is -2.07. The van der Waals surface area contributed by atoms with Crippen LogP contribution in [-0.2, 0) is 4.79 Å². The number of halogens is 1. The molecular weight excluding hydrogens is 306 g/mol. The Balaban J connectivity index is 2.27. The molecule has 0 saturated heterocycles. The summed E-state index contributed by atoms with van der Waals surface area (Å²) in [5, 5.41) is 18.6. The molecule has 0 fully saturated rings. The molecule has 1 unspecified atom stereocenters. The number of amides is 1. The highest BCUT2D eigenvalue weighted by Crippen LogP contribution is 2.25. The van der Waals surface area contributed by atoms with E-state index in [-0.39, 0.29) is 5.82 Å². The van der Waals surface area contributed by atoms with Crippen LogP contribution in [0.25, 0.3) is 0 Å². The summed E-state index contributed by atoms with van der Waals surface area (Å²) in [6.45, 7) is 5.16. The van der Waals surface area contributed by atoms with Gasteiger partial charge in [0, 0.05) is 5.56 Å². The molecule has 1 aromatic carbocycles. The van der Waals surface area contributed by atoms with E-state index in [1.54, 1.807) is 31.2 Å². The second kappa shape index (κ2) is 6.44. The van der Waals surface area contributed by atoms with Crippen LogP contribution >= 0.6 is 11.6 Å². The number of hydrogen-bond acceptors (Lipinski definition) is 3. The number of aromatic nitrogens is 2. The Morgan fingerprint density at radius 3 is 2.73 bits per heavy atom. The van der Waals surface area contributed by atoms with E-state index in [2.05, 4.69) is 22.1 Å². The van der Waals surface area contributed by atoms with Crippen LogP contribution in [0.5, 0.6) is 0 Å². The minimum atomic E-state index is -1.05. The summed E-state index contributed by atoms with van der Waals surface area (Å²) in [7, 11) is 0. The summed E-state index contributed by atoms with van der Waals surface area (Å²) in [5.41, 5.74) is 1.22. The number of carbonyl (C=O) groups is 2. The standard InChI is InChI=1S/C15H14ClN3O3/c1-3-9(15(21)22)12-8(2)13(19-18-12)17-14(20)10-6-4-5-7-11(10)16/h3-7,9H,1H2,2H3,(H,21,22)(H2,17,18,19,20). The van der Waals surface area contributed by atoms with E-state index in [4.69, 9.17) is 16.7 Å². The van der Waals surface area contributed by atoms with Gasteiger partial charge in [-0.2, -0.15) is 5.10 Å². The summed E-state index contributed by atoms with van der Waals surface area (Å²) in [6.07, 6.45) is 1.29. The quantitative estimate of drug-likeness (QED) is 0.738. The Labute approximate surface area is 131 Å². The van der Waals surface area contributed by atoms with Crippen molar-refractivity contribution in [2.75, 3.05) is 5.32 Å². The number of hydrogen-bond donors (Lipinski definition) is 3. The van der Waals surface area contributed by atoms with Gasteiger partial charge >= 0.3 is 5.97 Å². The maximum atomic E-state index is 12.2. The number of nitrogens with zero attached hydrogens (tertiary/aromatic N) is 1. The Hall–Kier alpha value is -2.60. The lowest BCUT2D eigenvalue weighted by atomic mass is 10.0. The smallest absolute Gasteiger partial charge is 0.316 e. The number of nitrogens with one attached hydrogen (secondary N) is 2. The first-order valence-electron chi connectivity index (χ1n) is 6.41. The van der Waals surface area contributed by atoms with Gasteiger partial charge in [-0.1, -0.05) is 29.8 Å². The zero-order valence-corrected chi connectivity index (χ0v) is 12.5. The molecule has 114 valence electrons. The zero-order chi connectivity index (χ0) is 16.3. The molecule has 1 heterocycles. The fourth-order valence-electron chi connectivity index (χ4n) is 2.00.